The Morgan fingerprint density at radius 3 is 2.85 bits per heavy atom. The minimum absolute atomic E-state index is 0.518. The summed E-state index contributed by atoms with van der Waals surface area (Å²) in [5.41, 5.74) is 8.80. The lowest BCUT2D eigenvalue weighted by atomic mass is 10.1. The maximum atomic E-state index is 5.88. The molecule has 0 aliphatic rings. The van der Waals surface area contributed by atoms with Gasteiger partial charge >= 0.3 is 0 Å². The molecule has 0 spiro atoms. The van der Waals surface area contributed by atoms with Crippen molar-refractivity contribution in [2.45, 2.75) is 19.8 Å². The predicted molar refractivity (Wildman–Crippen MR) is 81.2 cm³/mol. The van der Waals surface area contributed by atoms with Crippen LogP contribution in [-0.4, -0.2) is 15.0 Å². The van der Waals surface area contributed by atoms with Crippen molar-refractivity contribution in [1.29, 1.82) is 0 Å². The summed E-state index contributed by atoms with van der Waals surface area (Å²) in [6, 6.07) is 11.8. The van der Waals surface area contributed by atoms with E-state index in [1.165, 1.54) is 0 Å². The zero-order valence-electron chi connectivity index (χ0n) is 11.4. The van der Waals surface area contributed by atoms with Gasteiger partial charge in [0.25, 0.3) is 0 Å². The molecule has 1 aromatic carbocycles. The van der Waals surface area contributed by atoms with Crippen LogP contribution in [0.4, 0.5) is 5.82 Å². The smallest absolute Gasteiger partial charge is 0.161 e. The van der Waals surface area contributed by atoms with Gasteiger partial charge in [0, 0.05) is 28.9 Å². The van der Waals surface area contributed by atoms with Gasteiger partial charge in [-0.2, -0.15) is 0 Å². The fourth-order valence-corrected chi connectivity index (χ4v) is 2.25. The van der Waals surface area contributed by atoms with E-state index in [1.807, 2.05) is 36.4 Å². The number of pyridine rings is 1. The number of nitrogens with two attached hydrogens (primary N) is 1. The lowest BCUT2D eigenvalue weighted by Crippen LogP contribution is -2.00. The Morgan fingerprint density at radius 2 is 2.00 bits per heavy atom. The topological polar surface area (TPSA) is 64.7 Å². The number of anilines is 1. The minimum Gasteiger partial charge on any atom is -0.384 e. The van der Waals surface area contributed by atoms with Gasteiger partial charge in [0.05, 0.1) is 5.52 Å². The quantitative estimate of drug-likeness (QED) is 0.788. The van der Waals surface area contributed by atoms with Crippen molar-refractivity contribution in [2.75, 3.05) is 5.73 Å². The van der Waals surface area contributed by atoms with Gasteiger partial charge in [-0.05, 0) is 30.7 Å². The van der Waals surface area contributed by atoms with Crippen LogP contribution < -0.4 is 5.73 Å². The highest BCUT2D eigenvalue weighted by atomic mass is 14.9. The van der Waals surface area contributed by atoms with Crippen molar-refractivity contribution in [1.82, 2.24) is 15.0 Å². The minimum atomic E-state index is 0.518. The normalized spacial score (nSPS) is 10.8. The lowest BCUT2D eigenvalue weighted by Gasteiger charge is -2.06. The fraction of sp³-hybridized carbons (Fsp3) is 0.188. The molecule has 0 saturated heterocycles. The molecule has 4 nitrogen and oxygen atoms in total. The van der Waals surface area contributed by atoms with Crippen LogP contribution in [0, 0.1) is 0 Å². The van der Waals surface area contributed by atoms with Gasteiger partial charge in [0.2, 0.25) is 0 Å². The van der Waals surface area contributed by atoms with Crippen LogP contribution >= 0.6 is 0 Å². The summed E-state index contributed by atoms with van der Waals surface area (Å²) in [6.07, 6.45) is 3.74. The SMILES string of the molecule is CCCc1cc(N)nc(-c2ccc3ncccc3c2)n1. The van der Waals surface area contributed by atoms with E-state index in [2.05, 4.69) is 21.9 Å². The maximum absolute atomic E-state index is 5.88. The number of fused-ring (bicyclic) bond motifs is 1. The van der Waals surface area contributed by atoms with Crippen molar-refractivity contribution in [3.05, 3.63) is 48.3 Å². The zero-order valence-corrected chi connectivity index (χ0v) is 11.4. The zero-order chi connectivity index (χ0) is 13.9. The number of aromatic nitrogens is 3. The van der Waals surface area contributed by atoms with Crippen LogP contribution in [0.25, 0.3) is 22.3 Å². The highest BCUT2D eigenvalue weighted by Crippen LogP contribution is 2.22. The molecular formula is C16H16N4. The van der Waals surface area contributed by atoms with Crippen molar-refractivity contribution in [3.63, 3.8) is 0 Å². The lowest BCUT2D eigenvalue weighted by molar-refractivity contribution is 0.877. The third-order valence-electron chi connectivity index (χ3n) is 3.17. The Bertz CT molecular complexity index is 752. The Labute approximate surface area is 117 Å². The van der Waals surface area contributed by atoms with E-state index < -0.39 is 0 Å². The number of hydrogen-bond acceptors (Lipinski definition) is 4. The standard InChI is InChI=1S/C16H16N4/c1-2-4-13-10-15(17)20-16(19-13)12-6-7-14-11(9-12)5-3-8-18-14/h3,5-10H,2,4H2,1H3,(H2,17,19,20). The Hall–Kier alpha value is -2.49. The van der Waals surface area contributed by atoms with Crippen molar-refractivity contribution in [2.24, 2.45) is 0 Å². The summed E-state index contributed by atoms with van der Waals surface area (Å²) in [7, 11) is 0. The van der Waals surface area contributed by atoms with E-state index in [0.717, 1.165) is 35.0 Å². The molecule has 0 saturated carbocycles. The van der Waals surface area contributed by atoms with Gasteiger partial charge in [-0.15, -0.1) is 0 Å². The number of aryl methyl sites for hydroxylation is 1. The van der Waals surface area contributed by atoms with E-state index >= 15 is 0 Å². The maximum Gasteiger partial charge on any atom is 0.161 e. The second-order valence-corrected chi connectivity index (χ2v) is 4.77. The molecule has 3 aromatic rings. The largest absolute Gasteiger partial charge is 0.384 e. The third-order valence-corrected chi connectivity index (χ3v) is 3.17. The summed E-state index contributed by atoms with van der Waals surface area (Å²) in [5, 5.41) is 1.08. The highest BCUT2D eigenvalue weighted by molar-refractivity contribution is 5.83. The molecule has 4 heteroatoms. The number of nitrogen functional groups attached to an aromatic ring is 1. The summed E-state index contributed by atoms with van der Waals surface area (Å²) >= 11 is 0. The van der Waals surface area contributed by atoms with Gasteiger partial charge < -0.3 is 5.73 Å². The first-order valence-corrected chi connectivity index (χ1v) is 6.75. The summed E-state index contributed by atoms with van der Waals surface area (Å²) in [5.74, 6) is 1.20. The molecule has 0 aliphatic carbocycles. The van der Waals surface area contributed by atoms with Crippen molar-refractivity contribution < 1.29 is 0 Å². The van der Waals surface area contributed by atoms with Crippen LogP contribution in [0.2, 0.25) is 0 Å². The van der Waals surface area contributed by atoms with Crippen LogP contribution in [0.5, 0.6) is 0 Å². The first kappa shape index (κ1) is 12.5. The fourth-order valence-electron chi connectivity index (χ4n) is 2.25. The summed E-state index contributed by atoms with van der Waals surface area (Å²) < 4.78 is 0. The van der Waals surface area contributed by atoms with E-state index in [1.54, 1.807) is 6.20 Å². The second-order valence-electron chi connectivity index (χ2n) is 4.77. The van der Waals surface area contributed by atoms with Crippen LogP contribution in [0.1, 0.15) is 19.0 Å². The van der Waals surface area contributed by atoms with E-state index in [9.17, 15) is 0 Å². The molecular weight excluding hydrogens is 248 g/mol. The number of rotatable bonds is 3. The van der Waals surface area contributed by atoms with E-state index in [4.69, 9.17) is 5.73 Å². The highest BCUT2D eigenvalue weighted by Gasteiger charge is 2.06. The number of nitrogens with zero attached hydrogens (tertiary/aromatic N) is 3. The van der Waals surface area contributed by atoms with Gasteiger partial charge in [0.15, 0.2) is 5.82 Å². The Kier molecular flexibility index (Phi) is 3.29. The first-order valence-electron chi connectivity index (χ1n) is 6.75. The number of benzene rings is 1. The molecule has 2 heterocycles. The van der Waals surface area contributed by atoms with Crippen LogP contribution in [-0.2, 0) is 6.42 Å². The van der Waals surface area contributed by atoms with Gasteiger partial charge in [-0.3, -0.25) is 4.98 Å². The first-order chi connectivity index (χ1) is 9.76. The van der Waals surface area contributed by atoms with Crippen molar-refractivity contribution >= 4 is 16.7 Å². The van der Waals surface area contributed by atoms with E-state index in [-0.39, 0.29) is 0 Å². The van der Waals surface area contributed by atoms with Crippen molar-refractivity contribution in [3.8, 4) is 11.4 Å². The summed E-state index contributed by atoms with van der Waals surface area (Å²) in [4.78, 5) is 13.2. The molecule has 0 fully saturated rings. The Morgan fingerprint density at radius 1 is 1.10 bits per heavy atom. The van der Waals surface area contributed by atoms with Gasteiger partial charge in [-0.25, -0.2) is 9.97 Å². The molecule has 2 N–H and O–H groups in total. The average molecular weight is 264 g/mol. The molecule has 100 valence electrons. The molecule has 0 amide bonds. The van der Waals surface area contributed by atoms with Crippen LogP contribution in [0.15, 0.2) is 42.6 Å². The Balaban J connectivity index is 2.10. The molecule has 0 unspecified atom stereocenters. The molecule has 2 aromatic heterocycles. The average Bonchev–Trinajstić information content (AvgIpc) is 2.46. The molecule has 3 rings (SSSR count). The molecule has 0 atom stereocenters. The molecule has 0 radical (unpaired) electrons. The third kappa shape index (κ3) is 2.45. The van der Waals surface area contributed by atoms with E-state index in [0.29, 0.717) is 11.6 Å². The van der Waals surface area contributed by atoms with Crippen LogP contribution in [0.3, 0.4) is 0 Å². The molecule has 20 heavy (non-hydrogen) atoms. The molecule has 0 bridgehead atoms. The second kappa shape index (κ2) is 5.25. The monoisotopic (exact) mass is 264 g/mol. The summed E-state index contributed by atoms with van der Waals surface area (Å²) in [6.45, 7) is 2.12. The van der Waals surface area contributed by atoms with Gasteiger partial charge in [0.1, 0.15) is 5.82 Å². The number of hydrogen-bond donors (Lipinski definition) is 1. The van der Waals surface area contributed by atoms with Gasteiger partial charge in [-0.1, -0.05) is 19.4 Å². The molecule has 0 aliphatic heterocycles. The predicted octanol–water partition coefficient (Wildman–Crippen LogP) is 3.23.